The molecule has 0 amide bonds. The minimum atomic E-state index is -0.0132. The zero-order chi connectivity index (χ0) is 11.9. The Bertz CT molecular complexity index is 201. The van der Waals surface area contributed by atoms with Gasteiger partial charge < -0.3 is 5.32 Å². The van der Waals surface area contributed by atoms with Crippen molar-refractivity contribution in [2.24, 2.45) is 5.41 Å². The molecule has 0 aliphatic carbocycles. The molecule has 0 aromatic rings. The van der Waals surface area contributed by atoms with E-state index in [-0.39, 0.29) is 5.41 Å². The van der Waals surface area contributed by atoms with E-state index < -0.39 is 0 Å². The number of piperidine rings is 1. The zero-order valence-corrected chi connectivity index (χ0v) is 11.0. The van der Waals surface area contributed by atoms with E-state index in [9.17, 15) is 4.79 Å². The predicted molar refractivity (Wildman–Crippen MR) is 68.6 cm³/mol. The molecule has 94 valence electrons. The summed E-state index contributed by atoms with van der Waals surface area (Å²) >= 11 is 0. The Kier molecular flexibility index (Phi) is 6.04. The summed E-state index contributed by atoms with van der Waals surface area (Å²) in [6.45, 7) is 6.39. The summed E-state index contributed by atoms with van der Waals surface area (Å²) in [5.74, 6) is 0.523. The minimum Gasteiger partial charge on any atom is -0.316 e. The quantitative estimate of drug-likeness (QED) is 0.674. The molecule has 2 heteroatoms. The van der Waals surface area contributed by atoms with Gasteiger partial charge in [-0.15, -0.1) is 0 Å². The van der Waals surface area contributed by atoms with E-state index in [1.807, 2.05) is 0 Å². The first kappa shape index (κ1) is 13.7. The standard InChI is InChI=1S/C14H27NO/c1-3-5-6-8-13(16)14(9-4-2)10-7-11-15-12-14/h15H,3-12H2,1-2H3. The first-order valence-corrected chi connectivity index (χ1v) is 6.99. The topological polar surface area (TPSA) is 29.1 Å². The lowest BCUT2D eigenvalue weighted by Crippen LogP contribution is -2.45. The third-order valence-electron chi connectivity index (χ3n) is 3.80. The van der Waals surface area contributed by atoms with E-state index >= 15 is 0 Å². The highest BCUT2D eigenvalue weighted by atomic mass is 16.1. The average molecular weight is 225 g/mol. The van der Waals surface area contributed by atoms with Crippen molar-refractivity contribution in [3.63, 3.8) is 0 Å². The summed E-state index contributed by atoms with van der Waals surface area (Å²) in [5.41, 5.74) is -0.0132. The lowest BCUT2D eigenvalue weighted by Gasteiger charge is -2.36. The molecule has 0 aromatic carbocycles. The fourth-order valence-electron chi connectivity index (χ4n) is 2.84. The summed E-state index contributed by atoms with van der Waals surface area (Å²) < 4.78 is 0. The van der Waals surface area contributed by atoms with Crippen molar-refractivity contribution in [3.8, 4) is 0 Å². The van der Waals surface area contributed by atoms with Gasteiger partial charge in [-0.05, 0) is 32.2 Å². The maximum Gasteiger partial charge on any atom is 0.140 e. The summed E-state index contributed by atoms with van der Waals surface area (Å²) in [5, 5.41) is 3.41. The summed E-state index contributed by atoms with van der Waals surface area (Å²) in [6.07, 6.45) is 8.76. The van der Waals surface area contributed by atoms with Crippen LogP contribution >= 0.6 is 0 Å². The number of hydrogen-bond donors (Lipinski definition) is 1. The first-order valence-electron chi connectivity index (χ1n) is 6.99. The van der Waals surface area contributed by atoms with Crippen LogP contribution in [0.2, 0.25) is 0 Å². The highest BCUT2D eigenvalue weighted by Crippen LogP contribution is 2.34. The van der Waals surface area contributed by atoms with Gasteiger partial charge in [-0.1, -0.05) is 33.1 Å². The van der Waals surface area contributed by atoms with Crippen molar-refractivity contribution in [2.45, 2.75) is 65.2 Å². The maximum atomic E-state index is 12.3. The molecular weight excluding hydrogens is 198 g/mol. The van der Waals surface area contributed by atoms with Crippen LogP contribution in [0.1, 0.15) is 65.2 Å². The predicted octanol–water partition coefficient (Wildman–Crippen LogP) is 3.31. The maximum absolute atomic E-state index is 12.3. The van der Waals surface area contributed by atoms with Gasteiger partial charge >= 0.3 is 0 Å². The van der Waals surface area contributed by atoms with Crippen LogP contribution in [0.15, 0.2) is 0 Å². The monoisotopic (exact) mass is 225 g/mol. The third kappa shape index (κ3) is 3.58. The number of rotatable bonds is 7. The van der Waals surface area contributed by atoms with Crippen LogP contribution in [0, 0.1) is 5.41 Å². The van der Waals surface area contributed by atoms with Gasteiger partial charge in [-0.3, -0.25) is 4.79 Å². The van der Waals surface area contributed by atoms with Crippen molar-refractivity contribution < 1.29 is 4.79 Å². The van der Waals surface area contributed by atoms with Crippen molar-refractivity contribution >= 4 is 5.78 Å². The van der Waals surface area contributed by atoms with E-state index in [0.29, 0.717) is 5.78 Å². The number of Topliss-reactive ketones (excluding diaryl/α,β-unsaturated/α-hetero) is 1. The Morgan fingerprint density at radius 3 is 2.62 bits per heavy atom. The van der Waals surface area contributed by atoms with Crippen LogP contribution < -0.4 is 5.32 Å². The van der Waals surface area contributed by atoms with Gasteiger partial charge in [0.2, 0.25) is 0 Å². The molecule has 0 radical (unpaired) electrons. The lowest BCUT2D eigenvalue weighted by atomic mass is 9.72. The zero-order valence-electron chi connectivity index (χ0n) is 11.0. The number of unbranched alkanes of at least 4 members (excludes halogenated alkanes) is 2. The number of carbonyl (C=O) groups excluding carboxylic acids is 1. The molecule has 1 rings (SSSR count). The molecule has 0 spiro atoms. The van der Waals surface area contributed by atoms with E-state index in [1.165, 1.54) is 19.3 Å². The Balaban J connectivity index is 2.50. The molecule has 1 atom stereocenters. The van der Waals surface area contributed by atoms with Crippen LogP contribution in [0.5, 0.6) is 0 Å². The number of hydrogen-bond acceptors (Lipinski definition) is 2. The smallest absolute Gasteiger partial charge is 0.140 e. The van der Waals surface area contributed by atoms with Crippen LogP contribution in [-0.2, 0) is 4.79 Å². The van der Waals surface area contributed by atoms with Gasteiger partial charge in [0, 0.05) is 18.4 Å². The lowest BCUT2D eigenvalue weighted by molar-refractivity contribution is -0.130. The van der Waals surface area contributed by atoms with Crippen LogP contribution in [0.25, 0.3) is 0 Å². The van der Waals surface area contributed by atoms with Crippen molar-refractivity contribution in [1.29, 1.82) is 0 Å². The summed E-state index contributed by atoms with van der Waals surface area (Å²) in [7, 11) is 0. The van der Waals surface area contributed by atoms with Crippen molar-refractivity contribution in [1.82, 2.24) is 5.32 Å². The average Bonchev–Trinajstić information content (AvgIpc) is 2.31. The Morgan fingerprint density at radius 2 is 2.06 bits per heavy atom. The summed E-state index contributed by atoms with van der Waals surface area (Å²) in [6, 6.07) is 0. The molecular formula is C14H27NO. The molecule has 0 saturated carbocycles. The molecule has 1 unspecified atom stereocenters. The molecule has 0 bridgehead atoms. The van der Waals surface area contributed by atoms with Crippen LogP contribution in [-0.4, -0.2) is 18.9 Å². The van der Waals surface area contributed by atoms with Gasteiger partial charge in [0.25, 0.3) is 0 Å². The number of nitrogens with one attached hydrogen (secondary N) is 1. The molecule has 1 saturated heterocycles. The second-order valence-electron chi connectivity index (χ2n) is 5.19. The fourth-order valence-corrected chi connectivity index (χ4v) is 2.84. The van der Waals surface area contributed by atoms with E-state index in [1.54, 1.807) is 0 Å². The van der Waals surface area contributed by atoms with Gasteiger partial charge in [-0.2, -0.15) is 0 Å². The summed E-state index contributed by atoms with van der Waals surface area (Å²) in [4.78, 5) is 12.3. The first-order chi connectivity index (χ1) is 7.75. The fraction of sp³-hybridized carbons (Fsp3) is 0.929. The van der Waals surface area contributed by atoms with E-state index in [2.05, 4.69) is 19.2 Å². The Morgan fingerprint density at radius 1 is 1.25 bits per heavy atom. The van der Waals surface area contributed by atoms with Gasteiger partial charge in [0.15, 0.2) is 0 Å². The van der Waals surface area contributed by atoms with Crippen molar-refractivity contribution in [2.75, 3.05) is 13.1 Å². The number of ketones is 1. The van der Waals surface area contributed by atoms with E-state index in [4.69, 9.17) is 0 Å². The third-order valence-corrected chi connectivity index (χ3v) is 3.80. The molecule has 1 aliphatic heterocycles. The second-order valence-corrected chi connectivity index (χ2v) is 5.19. The molecule has 16 heavy (non-hydrogen) atoms. The second kappa shape index (κ2) is 7.05. The van der Waals surface area contributed by atoms with Gasteiger partial charge in [-0.25, -0.2) is 0 Å². The van der Waals surface area contributed by atoms with Gasteiger partial charge in [0.05, 0.1) is 0 Å². The highest BCUT2D eigenvalue weighted by molar-refractivity contribution is 5.85. The Hall–Kier alpha value is -0.370. The molecule has 0 aromatic heterocycles. The van der Waals surface area contributed by atoms with Crippen LogP contribution in [0.3, 0.4) is 0 Å². The van der Waals surface area contributed by atoms with Gasteiger partial charge in [0.1, 0.15) is 5.78 Å². The number of carbonyl (C=O) groups is 1. The highest BCUT2D eigenvalue weighted by Gasteiger charge is 2.37. The Labute approximate surface area is 100 Å². The van der Waals surface area contributed by atoms with Crippen molar-refractivity contribution in [3.05, 3.63) is 0 Å². The largest absolute Gasteiger partial charge is 0.316 e. The minimum absolute atomic E-state index is 0.0132. The molecule has 1 aliphatic rings. The molecule has 2 nitrogen and oxygen atoms in total. The SMILES string of the molecule is CCCCCC(=O)C1(CCC)CCCNC1. The van der Waals surface area contributed by atoms with E-state index in [0.717, 1.165) is 45.2 Å². The molecule has 1 fully saturated rings. The molecule has 1 N–H and O–H groups in total. The normalized spacial score (nSPS) is 25.6. The van der Waals surface area contributed by atoms with Crippen LogP contribution in [0.4, 0.5) is 0 Å². The molecule has 1 heterocycles.